The van der Waals surface area contributed by atoms with Gasteiger partial charge in [-0.05, 0) is 42.2 Å². The minimum atomic E-state index is 0.370. The second-order valence-electron chi connectivity index (χ2n) is 7.12. The molecule has 0 bridgehead atoms. The van der Waals surface area contributed by atoms with Gasteiger partial charge in [-0.25, -0.2) is 0 Å². The van der Waals surface area contributed by atoms with Crippen LogP contribution in [0.2, 0.25) is 0 Å². The molecule has 4 rings (SSSR count). The first-order valence-corrected chi connectivity index (χ1v) is 9.20. The Morgan fingerprint density at radius 2 is 1.52 bits per heavy atom. The van der Waals surface area contributed by atoms with E-state index in [-0.39, 0.29) is 0 Å². The molecule has 0 aliphatic carbocycles. The van der Waals surface area contributed by atoms with Crippen LogP contribution in [0.15, 0.2) is 78.9 Å². The van der Waals surface area contributed by atoms with Crippen LogP contribution in [0.25, 0.3) is 0 Å². The predicted octanol–water partition coefficient (Wildman–Crippen LogP) is 5.90. The lowest BCUT2D eigenvalue weighted by Gasteiger charge is -2.42. The topological polar surface area (TPSA) is 3.24 Å². The lowest BCUT2D eigenvalue weighted by molar-refractivity contribution is 0.509. The fourth-order valence-electron chi connectivity index (χ4n) is 4.10. The zero-order valence-electron chi connectivity index (χ0n) is 15.0. The molecular formula is C24H25N. The van der Waals surface area contributed by atoms with Gasteiger partial charge in [-0.15, -0.1) is 0 Å². The van der Waals surface area contributed by atoms with E-state index < -0.39 is 0 Å². The maximum Gasteiger partial charge on any atom is 0.0611 e. The number of aryl methyl sites for hydroxylation is 1. The Bertz CT molecular complexity index is 835. The molecule has 0 radical (unpaired) electrons. The number of hydrogen-bond acceptors (Lipinski definition) is 1. The molecule has 0 amide bonds. The van der Waals surface area contributed by atoms with Crippen molar-refractivity contribution in [3.8, 4) is 0 Å². The lowest BCUT2D eigenvalue weighted by Crippen LogP contribution is -2.38. The fourth-order valence-corrected chi connectivity index (χ4v) is 4.10. The van der Waals surface area contributed by atoms with Crippen LogP contribution in [0.5, 0.6) is 0 Å². The molecule has 25 heavy (non-hydrogen) atoms. The van der Waals surface area contributed by atoms with Crippen molar-refractivity contribution in [3.63, 3.8) is 0 Å². The molecule has 1 heterocycles. The van der Waals surface area contributed by atoms with E-state index in [1.807, 2.05) is 0 Å². The van der Waals surface area contributed by atoms with Crippen molar-refractivity contribution < 1.29 is 0 Å². The lowest BCUT2D eigenvalue weighted by atomic mass is 9.81. The maximum atomic E-state index is 2.59. The van der Waals surface area contributed by atoms with Crippen LogP contribution in [0.4, 0.5) is 5.69 Å². The van der Waals surface area contributed by atoms with Crippen LogP contribution in [0, 0.1) is 6.92 Å². The Hall–Kier alpha value is -2.54. The Labute approximate surface area is 150 Å². The standard InChI is InChI=1S/C24H25N/c1-18-12-14-20(15-13-18)19(2)24-23-11-7-6-8-21(23)16-17-25(24)22-9-4-3-5-10-22/h3-15,19,24H,16-17H2,1-2H3. The van der Waals surface area contributed by atoms with E-state index in [4.69, 9.17) is 0 Å². The summed E-state index contributed by atoms with van der Waals surface area (Å²) in [6.07, 6.45) is 1.11. The van der Waals surface area contributed by atoms with Gasteiger partial charge in [-0.1, -0.05) is 79.2 Å². The van der Waals surface area contributed by atoms with Gasteiger partial charge in [0, 0.05) is 18.2 Å². The van der Waals surface area contributed by atoms with Crippen LogP contribution < -0.4 is 4.90 Å². The zero-order valence-corrected chi connectivity index (χ0v) is 15.0. The number of rotatable bonds is 3. The highest BCUT2D eigenvalue weighted by Crippen LogP contribution is 2.42. The molecule has 0 N–H and O–H groups in total. The molecular weight excluding hydrogens is 302 g/mol. The molecule has 0 saturated heterocycles. The fraction of sp³-hybridized carbons (Fsp3) is 0.250. The largest absolute Gasteiger partial charge is 0.364 e. The van der Waals surface area contributed by atoms with Gasteiger partial charge >= 0.3 is 0 Å². The monoisotopic (exact) mass is 327 g/mol. The summed E-state index contributed by atoms with van der Waals surface area (Å²) < 4.78 is 0. The van der Waals surface area contributed by atoms with Crippen LogP contribution in [0.1, 0.15) is 41.1 Å². The number of para-hydroxylation sites is 1. The molecule has 0 aromatic heterocycles. The summed E-state index contributed by atoms with van der Waals surface area (Å²) in [5, 5.41) is 0. The van der Waals surface area contributed by atoms with Crippen molar-refractivity contribution >= 4 is 5.69 Å². The average molecular weight is 327 g/mol. The summed E-state index contributed by atoms with van der Waals surface area (Å²) in [6.45, 7) is 5.59. The van der Waals surface area contributed by atoms with Gasteiger partial charge < -0.3 is 4.90 Å². The van der Waals surface area contributed by atoms with Gasteiger partial charge in [0.05, 0.1) is 6.04 Å². The molecule has 0 spiro atoms. The number of fused-ring (bicyclic) bond motifs is 1. The number of hydrogen-bond donors (Lipinski definition) is 0. The van der Waals surface area contributed by atoms with Crippen LogP contribution in [-0.2, 0) is 6.42 Å². The second-order valence-corrected chi connectivity index (χ2v) is 7.12. The van der Waals surface area contributed by atoms with Crippen molar-refractivity contribution in [1.29, 1.82) is 0 Å². The Morgan fingerprint density at radius 3 is 2.28 bits per heavy atom. The third kappa shape index (κ3) is 3.07. The molecule has 2 atom stereocenters. The summed E-state index contributed by atoms with van der Waals surface area (Å²) in [5.41, 5.74) is 7.03. The Kier molecular flexibility index (Phi) is 4.31. The van der Waals surface area contributed by atoms with Gasteiger partial charge in [-0.2, -0.15) is 0 Å². The summed E-state index contributed by atoms with van der Waals surface area (Å²) in [4.78, 5) is 2.59. The van der Waals surface area contributed by atoms with E-state index in [1.165, 1.54) is 27.9 Å². The van der Waals surface area contributed by atoms with Crippen molar-refractivity contribution in [3.05, 3.63) is 101 Å². The summed E-state index contributed by atoms with van der Waals surface area (Å²) in [5.74, 6) is 0.433. The van der Waals surface area contributed by atoms with Crippen molar-refractivity contribution in [1.82, 2.24) is 0 Å². The average Bonchev–Trinajstić information content (AvgIpc) is 2.68. The van der Waals surface area contributed by atoms with Crippen molar-refractivity contribution in [2.24, 2.45) is 0 Å². The maximum absolute atomic E-state index is 2.59. The van der Waals surface area contributed by atoms with Gasteiger partial charge in [0.15, 0.2) is 0 Å². The third-order valence-corrected chi connectivity index (χ3v) is 5.50. The second kappa shape index (κ2) is 6.76. The highest BCUT2D eigenvalue weighted by atomic mass is 15.2. The highest BCUT2D eigenvalue weighted by Gasteiger charge is 2.32. The molecule has 2 unspecified atom stereocenters. The minimum absolute atomic E-state index is 0.370. The van der Waals surface area contributed by atoms with E-state index in [0.29, 0.717) is 12.0 Å². The number of anilines is 1. The summed E-state index contributed by atoms with van der Waals surface area (Å²) >= 11 is 0. The molecule has 0 saturated carbocycles. The summed E-state index contributed by atoms with van der Waals surface area (Å²) in [7, 11) is 0. The minimum Gasteiger partial charge on any atom is -0.364 e. The molecule has 3 aromatic rings. The zero-order chi connectivity index (χ0) is 17.2. The molecule has 1 aliphatic rings. The molecule has 3 aromatic carbocycles. The normalized spacial score (nSPS) is 17.8. The molecule has 1 nitrogen and oxygen atoms in total. The van der Waals surface area contributed by atoms with E-state index in [9.17, 15) is 0 Å². The Balaban J connectivity index is 1.79. The first-order valence-electron chi connectivity index (χ1n) is 9.20. The van der Waals surface area contributed by atoms with Gasteiger partial charge in [-0.3, -0.25) is 0 Å². The van der Waals surface area contributed by atoms with Gasteiger partial charge in [0.25, 0.3) is 0 Å². The first-order chi connectivity index (χ1) is 12.2. The van der Waals surface area contributed by atoms with Gasteiger partial charge in [0.1, 0.15) is 0 Å². The van der Waals surface area contributed by atoms with Crippen LogP contribution in [0.3, 0.4) is 0 Å². The van der Waals surface area contributed by atoms with Crippen molar-refractivity contribution in [2.75, 3.05) is 11.4 Å². The quantitative estimate of drug-likeness (QED) is 0.578. The van der Waals surface area contributed by atoms with E-state index in [1.54, 1.807) is 0 Å². The Morgan fingerprint density at radius 1 is 0.840 bits per heavy atom. The van der Waals surface area contributed by atoms with Gasteiger partial charge in [0.2, 0.25) is 0 Å². The molecule has 1 heteroatoms. The molecule has 0 fully saturated rings. The molecule has 1 aliphatic heterocycles. The first kappa shape index (κ1) is 16.0. The number of nitrogens with zero attached hydrogens (tertiary/aromatic N) is 1. The predicted molar refractivity (Wildman–Crippen MR) is 106 cm³/mol. The number of benzene rings is 3. The highest BCUT2D eigenvalue weighted by molar-refractivity contribution is 5.53. The van der Waals surface area contributed by atoms with E-state index >= 15 is 0 Å². The van der Waals surface area contributed by atoms with E-state index in [2.05, 4.69) is 97.6 Å². The third-order valence-electron chi connectivity index (χ3n) is 5.50. The van der Waals surface area contributed by atoms with Crippen LogP contribution in [-0.4, -0.2) is 6.54 Å². The van der Waals surface area contributed by atoms with E-state index in [0.717, 1.165) is 13.0 Å². The SMILES string of the molecule is Cc1ccc(C(C)C2c3ccccc3CCN2c2ccccc2)cc1. The molecule has 126 valence electrons. The van der Waals surface area contributed by atoms with Crippen molar-refractivity contribution in [2.45, 2.75) is 32.2 Å². The summed E-state index contributed by atoms with van der Waals surface area (Å²) in [6, 6.07) is 29.2. The smallest absolute Gasteiger partial charge is 0.0611 e. The van der Waals surface area contributed by atoms with Crippen LogP contribution >= 0.6 is 0 Å².